The van der Waals surface area contributed by atoms with E-state index in [-0.39, 0.29) is 18.9 Å². The van der Waals surface area contributed by atoms with Gasteiger partial charge in [0, 0.05) is 13.5 Å². The zero-order chi connectivity index (χ0) is 16.9. The van der Waals surface area contributed by atoms with Crippen LogP contribution in [0, 0.1) is 17.0 Å². The minimum Gasteiger partial charge on any atom is -0.465 e. The summed E-state index contributed by atoms with van der Waals surface area (Å²) in [6.07, 6.45) is 0. The molecular formula is C13H19N3O6. The van der Waals surface area contributed by atoms with Crippen LogP contribution < -0.4 is 0 Å². The van der Waals surface area contributed by atoms with Gasteiger partial charge in [-0.25, -0.2) is 0 Å². The quantitative estimate of drug-likeness (QED) is 0.323. The molecule has 0 spiro atoms. The van der Waals surface area contributed by atoms with Gasteiger partial charge in [-0.3, -0.25) is 9.59 Å². The van der Waals surface area contributed by atoms with Crippen LogP contribution in [0.25, 0.3) is 0 Å². The van der Waals surface area contributed by atoms with Crippen LogP contribution in [0.5, 0.6) is 0 Å². The van der Waals surface area contributed by atoms with Gasteiger partial charge in [-0.1, -0.05) is 0 Å². The van der Waals surface area contributed by atoms with Gasteiger partial charge in [-0.05, 0) is 30.7 Å². The topological polar surface area (TPSA) is 114 Å². The maximum atomic E-state index is 12.1. The fraction of sp³-hybridized carbons (Fsp3) is 0.615. The molecule has 0 atom stereocenters. The van der Waals surface area contributed by atoms with E-state index in [1.807, 2.05) is 0 Å². The number of rotatable bonds is 7. The van der Waals surface area contributed by atoms with Crippen LogP contribution in [-0.4, -0.2) is 39.6 Å². The molecule has 0 N–H and O–H groups in total. The van der Waals surface area contributed by atoms with Crippen molar-refractivity contribution in [2.45, 2.75) is 40.2 Å². The summed E-state index contributed by atoms with van der Waals surface area (Å²) in [5.74, 6) is -3.51. The second kappa shape index (κ2) is 7.53. The molecule has 0 fully saturated rings. The van der Waals surface area contributed by atoms with Crippen LogP contribution >= 0.6 is 0 Å². The average molecular weight is 313 g/mol. The second-order valence-corrected chi connectivity index (χ2v) is 4.31. The Morgan fingerprint density at radius 2 is 1.73 bits per heavy atom. The highest BCUT2D eigenvalue weighted by Crippen LogP contribution is 2.29. The Bertz CT molecular complexity index is 563. The zero-order valence-corrected chi connectivity index (χ0v) is 13.0. The lowest BCUT2D eigenvalue weighted by molar-refractivity contribution is -0.390. The summed E-state index contributed by atoms with van der Waals surface area (Å²) in [4.78, 5) is 38.6. The first kappa shape index (κ1) is 17.6. The molecule has 0 aliphatic carbocycles. The highest BCUT2D eigenvalue weighted by atomic mass is 16.6. The molecule has 1 heterocycles. The zero-order valence-electron chi connectivity index (χ0n) is 13.0. The number of ether oxygens (including phenoxy) is 2. The summed E-state index contributed by atoms with van der Waals surface area (Å²) < 4.78 is 11.2. The number of esters is 2. The van der Waals surface area contributed by atoms with Crippen LogP contribution in [0.3, 0.4) is 0 Å². The van der Waals surface area contributed by atoms with Crippen molar-refractivity contribution in [1.29, 1.82) is 0 Å². The summed E-state index contributed by atoms with van der Waals surface area (Å²) >= 11 is 0. The Morgan fingerprint density at radius 1 is 1.23 bits per heavy atom. The van der Waals surface area contributed by atoms with Crippen molar-refractivity contribution in [3.63, 3.8) is 0 Å². The van der Waals surface area contributed by atoms with E-state index in [0.29, 0.717) is 12.4 Å². The number of nitrogens with zero attached hydrogens (tertiary/aromatic N) is 3. The molecule has 0 bridgehead atoms. The molecule has 1 rings (SSSR count). The lowest BCUT2D eigenvalue weighted by Gasteiger charge is -2.15. The van der Waals surface area contributed by atoms with Crippen molar-refractivity contribution in [2.75, 3.05) is 13.2 Å². The summed E-state index contributed by atoms with van der Waals surface area (Å²) in [5.41, 5.74) is -0.109. The molecule has 0 radical (unpaired) electrons. The molecule has 9 heteroatoms. The third-order valence-electron chi connectivity index (χ3n) is 2.99. The van der Waals surface area contributed by atoms with Crippen molar-refractivity contribution < 1.29 is 24.0 Å². The first-order chi connectivity index (χ1) is 10.4. The van der Waals surface area contributed by atoms with Gasteiger partial charge in [0.25, 0.3) is 0 Å². The highest BCUT2D eigenvalue weighted by molar-refractivity contribution is 6.01. The summed E-state index contributed by atoms with van der Waals surface area (Å²) in [6.45, 7) is 6.86. The van der Waals surface area contributed by atoms with Gasteiger partial charge < -0.3 is 24.2 Å². The first-order valence-corrected chi connectivity index (χ1v) is 6.93. The molecule has 0 unspecified atom stereocenters. The van der Waals surface area contributed by atoms with Crippen LogP contribution in [0.1, 0.15) is 38.2 Å². The summed E-state index contributed by atoms with van der Waals surface area (Å²) in [7, 11) is 0. The Balaban J connectivity index is 3.49. The average Bonchev–Trinajstić information content (AvgIpc) is 2.76. The molecule has 0 amide bonds. The molecule has 0 saturated heterocycles. The van der Waals surface area contributed by atoms with Crippen molar-refractivity contribution in [3.05, 3.63) is 21.6 Å². The molecule has 9 nitrogen and oxygen atoms in total. The third kappa shape index (κ3) is 3.41. The molecule has 1 aromatic heterocycles. The minimum atomic E-state index is -1.53. The molecule has 0 aromatic carbocycles. The van der Waals surface area contributed by atoms with Gasteiger partial charge in [0.15, 0.2) is 0 Å². The maximum absolute atomic E-state index is 12.1. The number of imidazole rings is 1. The monoisotopic (exact) mass is 313 g/mol. The van der Waals surface area contributed by atoms with Gasteiger partial charge in [-0.2, -0.15) is 0 Å². The van der Waals surface area contributed by atoms with Gasteiger partial charge in [0.1, 0.15) is 5.69 Å². The van der Waals surface area contributed by atoms with Gasteiger partial charge in [0.2, 0.25) is 11.7 Å². The van der Waals surface area contributed by atoms with Crippen molar-refractivity contribution >= 4 is 17.8 Å². The normalized spacial score (nSPS) is 10.6. The van der Waals surface area contributed by atoms with E-state index < -0.39 is 28.6 Å². The summed E-state index contributed by atoms with van der Waals surface area (Å²) in [5, 5.41) is 11.2. The predicted molar refractivity (Wildman–Crippen MR) is 75.3 cm³/mol. The van der Waals surface area contributed by atoms with E-state index in [4.69, 9.17) is 9.47 Å². The lowest BCUT2D eigenvalue weighted by atomic mass is 10.1. The molecule has 22 heavy (non-hydrogen) atoms. The predicted octanol–water partition coefficient (Wildman–Crippen LogP) is 1.33. The van der Waals surface area contributed by atoms with Gasteiger partial charge >= 0.3 is 17.8 Å². The van der Waals surface area contributed by atoms with E-state index in [1.165, 1.54) is 4.57 Å². The number of hydrogen-bond acceptors (Lipinski definition) is 7. The third-order valence-corrected chi connectivity index (χ3v) is 2.99. The van der Waals surface area contributed by atoms with E-state index in [2.05, 4.69) is 4.98 Å². The molecular weight excluding hydrogens is 294 g/mol. The SMILES string of the molecule is CCOC(=O)C(C(=O)OCC)c1c([N+](=O)[O-])nc(C)n1CC. The Kier molecular flexibility index (Phi) is 6.02. The smallest absolute Gasteiger partial charge is 0.386 e. The first-order valence-electron chi connectivity index (χ1n) is 6.93. The minimum absolute atomic E-state index is 0.0434. The van der Waals surface area contributed by atoms with Crippen LogP contribution in [0.4, 0.5) is 5.82 Å². The lowest BCUT2D eigenvalue weighted by Crippen LogP contribution is -2.29. The number of carbonyl (C=O) groups is 2. The van der Waals surface area contributed by atoms with E-state index >= 15 is 0 Å². The maximum Gasteiger partial charge on any atom is 0.386 e. The van der Waals surface area contributed by atoms with E-state index in [9.17, 15) is 19.7 Å². The Morgan fingerprint density at radius 3 is 2.09 bits per heavy atom. The number of nitro groups is 1. The number of aromatic nitrogens is 2. The van der Waals surface area contributed by atoms with Crippen LogP contribution in [-0.2, 0) is 25.6 Å². The molecule has 0 aliphatic rings. The largest absolute Gasteiger partial charge is 0.465 e. The number of hydrogen-bond donors (Lipinski definition) is 0. The van der Waals surface area contributed by atoms with Crippen molar-refractivity contribution in [1.82, 2.24) is 9.55 Å². The highest BCUT2D eigenvalue weighted by Gasteiger charge is 2.42. The number of carbonyl (C=O) groups excluding carboxylic acids is 2. The van der Waals surface area contributed by atoms with E-state index in [1.54, 1.807) is 27.7 Å². The summed E-state index contributed by atoms with van der Waals surface area (Å²) in [6, 6.07) is 0. The fourth-order valence-corrected chi connectivity index (χ4v) is 2.16. The standard InChI is InChI=1S/C13H19N3O6/c1-5-15-8(4)14-11(16(19)20)10(15)9(12(17)21-6-2)13(18)22-7-3/h9H,5-7H2,1-4H3. The van der Waals surface area contributed by atoms with Crippen LogP contribution in [0.15, 0.2) is 0 Å². The molecule has 122 valence electrons. The van der Waals surface area contributed by atoms with Gasteiger partial charge in [0.05, 0.1) is 13.2 Å². The van der Waals surface area contributed by atoms with Gasteiger partial charge in [-0.15, -0.1) is 0 Å². The van der Waals surface area contributed by atoms with E-state index in [0.717, 1.165) is 0 Å². The molecule has 0 aliphatic heterocycles. The fourth-order valence-electron chi connectivity index (χ4n) is 2.16. The molecule has 1 aromatic rings. The Hall–Kier alpha value is -2.45. The van der Waals surface area contributed by atoms with Crippen molar-refractivity contribution in [2.24, 2.45) is 0 Å². The molecule has 0 saturated carbocycles. The number of aryl methyl sites for hydroxylation is 1. The van der Waals surface area contributed by atoms with Crippen LogP contribution in [0.2, 0.25) is 0 Å². The second-order valence-electron chi connectivity index (χ2n) is 4.31. The Labute approximate surface area is 127 Å². The van der Waals surface area contributed by atoms with Crippen molar-refractivity contribution in [3.8, 4) is 0 Å².